The van der Waals surface area contributed by atoms with Gasteiger partial charge in [0.25, 0.3) is 0 Å². The predicted molar refractivity (Wildman–Crippen MR) is 81.7 cm³/mol. The summed E-state index contributed by atoms with van der Waals surface area (Å²) in [6.07, 6.45) is 1.70. The van der Waals surface area contributed by atoms with Crippen LogP contribution in [0.3, 0.4) is 0 Å². The highest BCUT2D eigenvalue weighted by atomic mass is 16.7. The molecule has 2 aliphatic rings. The molecule has 0 radical (unpaired) electrons. The maximum Gasteiger partial charge on any atom is 0.149 e. The first kappa shape index (κ1) is 19.1. The van der Waals surface area contributed by atoms with E-state index in [2.05, 4.69) is 13.8 Å². The molecule has 0 N–H and O–H groups in total. The van der Waals surface area contributed by atoms with Crippen molar-refractivity contribution in [3.05, 3.63) is 0 Å². The predicted octanol–water partition coefficient (Wildman–Crippen LogP) is 1.89. The van der Waals surface area contributed by atoms with Crippen LogP contribution in [0.2, 0.25) is 0 Å². The molecule has 2 fully saturated rings. The molecule has 2 heterocycles. The van der Waals surface area contributed by atoms with Gasteiger partial charge in [0, 0.05) is 18.9 Å². The Hall–Kier alpha value is -0.280. The van der Waals surface area contributed by atoms with Crippen LogP contribution in [0.4, 0.5) is 0 Å². The molecular weight excluding hydrogens is 304 g/mol. The van der Waals surface area contributed by atoms with E-state index in [1.807, 2.05) is 6.92 Å². The lowest BCUT2D eigenvalue weighted by molar-refractivity contribution is -0.224. The van der Waals surface area contributed by atoms with Gasteiger partial charge in [-0.1, -0.05) is 0 Å². The van der Waals surface area contributed by atoms with Crippen molar-refractivity contribution >= 4 is 0 Å². The minimum atomic E-state index is -0.283. The molecule has 0 aliphatic carbocycles. The van der Waals surface area contributed by atoms with Gasteiger partial charge in [-0.05, 0) is 27.2 Å². The smallest absolute Gasteiger partial charge is 0.149 e. The van der Waals surface area contributed by atoms with Crippen molar-refractivity contribution in [3.8, 4) is 0 Å². The van der Waals surface area contributed by atoms with E-state index in [0.717, 1.165) is 12.8 Å². The third-order valence-electron chi connectivity index (χ3n) is 4.43. The van der Waals surface area contributed by atoms with Gasteiger partial charge in [0.05, 0.1) is 31.0 Å². The molecule has 2 saturated heterocycles. The van der Waals surface area contributed by atoms with Gasteiger partial charge in [-0.3, -0.25) is 0 Å². The van der Waals surface area contributed by atoms with Crippen LogP contribution in [0.1, 0.15) is 33.6 Å². The second-order valence-corrected chi connectivity index (χ2v) is 6.79. The van der Waals surface area contributed by atoms with E-state index < -0.39 is 0 Å². The fraction of sp³-hybridized carbons (Fsp3) is 1.00. The SMILES string of the molecule is CC1(COCOCOCCC2COCOC2(C)C)CCOCO1. The van der Waals surface area contributed by atoms with Crippen LogP contribution in [0, 0.1) is 5.92 Å². The molecule has 0 amide bonds. The van der Waals surface area contributed by atoms with Crippen LogP contribution < -0.4 is 0 Å². The van der Waals surface area contributed by atoms with Crippen LogP contribution in [0.25, 0.3) is 0 Å². The van der Waals surface area contributed by atoms with Crippen molar-refractivity contribution in [1.82, 2.24) is 0 Å². The van der Waals surface area contributed by atoms with E-state index in [-0.39, 0.29) is 24.8 Å². The molecule has 0 aromatic heterocycles. The molecule has 2 aliphatic heterocycles. The Labute approximate surface area is 138 Å². The highest BCUT2D eigenvalue weighted by Gasteiger charge is 2.33. The quantitative estimate of drug-likeness (QED) is 0.471. The van der Waals surface area contributed by atoms with Crippen molar-refractivity contribution < 1.29 is 33.2 Å². The second kappa shape index (κ2) is 9.27. The number of rotatable bonds is 9. The molecule has 23 heavy (non-hydrogen) atoms. The Morgan fingerprint density at radius 3 is 2.48 bits per heavy atom. The van der Waals surface area contributed by atoms with Gasteiger partial charge >= 0.3 is 0 Å². The van der Waals surface area contributed by atoms with Gasteiger partial charge in [0.1, 0.15) is 27.2 Å². The van der Waals surface area contributed by atoms with Crippen molar-refractivity contribution in [3.63, 3.8) is 0 Å². The Morgan fingerprint density at radius 2 is 1.74 bits per heavy atom. The summed E-state index contributed by atoms with van der Waals surface area (Å²) in [6, 6.07) is 0. The summed E-state index contributed by atoms with van der Waals surface area (Å²) in [7, 11) is 0. The van der Waals surface area contributed by atoms with Crippen LogP contribution in [-0.2, 0) is 33.2 Å². The maximum atomic E-state index is 5.61. The number of hydrogen-bond donors (Lipinski definition) is 0. The molecule has 7 heteroatoms. The van der Waals surface area contributed by atoms with E-state index in [1.165, 1.54) is 0 Å². The standard InChI is InChI=1S/C16H30O7/c1-15(2)14(8-19-13-22-15)4-6-17-10-21-11-20-9-16(3)5-7-18-12-23-16/h14H,4-13H2,1-3H3. The van der Waals surface area contributed by atoms with Gasteiger partial charge < -0.3 is 33.2 Å². The maximum absolute atomic E-state index is 5.61. The van der Waals surface area contributed by atoms with E-state index in [0.29, 0.717) is 45.9 Å². The first-order valence-corrected chi connectivity index (χ1v) is 8.18. The summed E-state index contributed by atoms with van der Waals surface area (Å²) in [5.41, 5.74) is -0.445. The minimum absolute atomic E-state index is 0.162. The molecule has 2 unspecified atom stereocenters. The van der Waals surface area contributed by atoms with Crippen LogP contribution in [0.15, 0.2) is 0 Å². The molecule has 0 saturated carbocycles. The third kappa shape index (κ3) is 6.62. The minimum Gasteiger partial charge on any atom is -0.355 e. The lowest BCUT2D eigenvalue weighted by Crippen LogP contribution is -2.43. The summed E-state index contributed by atoms with van der Waals surface area (Å²) in [5.74, 6) is 0.332. The third-order valence-corrected chi connectivity index (χ3v) is 4.43. The van der Waals surface area contributed by atoms with E-state index in [9.17, 15) is 0 Å². The number of hydrogen-bond acceptors (Lipinski definition) is 7. The van der Waals surface area contributed by atoms with E-state index in [4.69, 9.17) is 33.2 Å². The van der Waals surface area contributed by atoms with Gasteiger partial charge in [-0.15, -0.1) is 0 Å². The first-order valence-electron chi connectivity index (χ1n) is 8.18. The van der Waals surface area contributed by atoms with Gasteiger partial charge in [-0.25, -0.2) is 0 Å². The van der Waals surface area contributed by atoms with Crippen molar-refractivity contribution in [1.29, 1.82) is 0 Å². The normalized spacial score (nSPS) is 31.2. The average molecular weight is 334 g/mol. The lowest BCUT2D eigenvalue weighted by Gasteiger charge is -2.38. The Morgan fingerprint density at radius 1 is 0.957 bits per heavy atom. The Kier molecular flexibility index (Phi) is 7.68. The van der Waals surface area contributed by atoms with Gasteiger partial charge in [0.2, 0.25) is 0 Å². The molecular formula is C16H30O7. The largest absolute Gasteiger partial charge is 0.355 e. The monoisotopic (exact) mass is 334 g/mol. The molecule has 0 bridgehead atoms. The molecule has 0 spiro atoms. The zero-order valence-electron chi connectivity index (χ0n) is 14.5. The van der Waals surface area contributed by atoms with E-state index >= 15 is 0 Å². The molecule has 7 nitrogen and oxygen atoms in total. The fourth-order valence-corrected chi connectivity index (χ4v) is 2.54. The van der Waals surface area contributed by atoms with Crippen LogP contribution in [0.5, 0.6) is 0 Å². The molecule has 2 atom stereocenters. The summed E-state index contributed by atoms with van der Waals surface area (Å²) in [4.78, 5) is 0. The van der Waals surface area contributed by atoms with Crippen molar-refractivity contribution in [2.45, 2.75) is 44.8 Å². The average Bonchev–Trinajstić information content (AvgIpc) is 2.51. The summed E-state index contributed by atoms with van der Waals surface area (Å²) in [6.45, 7) is 9.82. The zero-order chi connectivity index (χ0) is 16.6. The summed E-state index contributed by atoms with van der Waals surface area (Å²) < 4.78 is 37.9. The first-order chi connectivity index (χ1) is 11.0. The molecule has 0 aromatic carbocycles. The van der Waals surface area contributed by atoms with E-state index in [1.54, 1.807) is 0 Å². The summed E-state index contributed by atoms with van der Waals surface area (Å²) >= 11 is 0. The molecule has 2 rings (SSSR count). The highest BCUT2D eigenvalue weighted by molar-refractivity contribution is 4.81. The topological polar surface area (TPSA) is 64.6 Å². The van der Waals surface area contributed by atoms with Gasteiger partial charge in [-0.2, -0.15) is 0 Å². The van der Waals surface area contributed by atoms with Gasteiger partial charge in [0.15, 0.2) is 0 Å². The molecule has 0 aromatic rings. The number of ether oxygens (including phenoxy) is 7. The fourth-order valence-electron chi connectivity index (χ4n) is 2.54. The van der Waals surface area contributed by atoms with Crippen molar-refractivity contribution in [2.75, 3.05) is 53.6 Å². The zero-order valence-corrected chi connectivity index (χ0v) is 14.5. The lowest BCUT2D eigenvalue weighted by atomic mass is 9.88. The van der Waals surface area contributed by atoms with Crippen molar-refractivity contribution in [2.24, 2.45) is 5.92 Å². The molecule has 136 valence electrons. The Bertz CT molecular complexity index is 328. The summed E-state index contributed by atoms with van der Waals surface area (Å²) in [5, 5.41) is 0. The van der Waals surface area contributed by atoms with Crippen LogP contribution >= 0.6 is 0 Å². The van der Waals surface area contributed by atoms with Crippen LogP contribution in [-0.4, -0.2) is 64.8 Å². The highest BCUT2D eigenvalue weighted by Crippen LogP contribution is 2.28. The second-order valence-electron chi connectivity index (χ2n) is 6.79. The Balaban J connectivity index is 1.45.